The van der Waals surface area contributed by atoms with Gasteiger partial charge in [-0.3, -0.25) is 4.99 Å². The third-order valence-electron chi connectivity index (χ3n) is 3.81. The summed E-state index contributed by atoms with van der Waals surface area (Å²) >= 11 is 2.28. The number of benzene rings is 2. The number of hydrogen-bond donors (Lipinski definition) is 1. The van der Waals surface area contributed by atoms with E-state index in [9.17, 15) is 4.55 Å². The number of methoxy groups -OCH3 is 1. The van der Waals surface area contributed by atoms with Gasteiger partial charge in [-0.15, -0.1) is 0 Å². The number of nitrogens with one attached hydrogen (secondary N) is 1. The SMILES string of the molecule is COc1ccc(Br)cc1C[S+]([O-])c1ccccc1C1=NCCCN1. The Labute approximate surface area is 153 Å². The molecule has 6 heteroatoms. The van der Waals surface area contributed by atoms with Crippen molar-refractivity contribution in [3.8, 4) is 5.75 Å². The summed E-state index contributed by atoms with van der Waals surface area (Å²) in [6.45, 7) is 1.71. The van der Waals surface area contributed by atoms with Gasteiger partial charge in [0.2, 0.25) is 0 Å². The first kappa shape index (κ1) is 17.3. The highest BCUT2D eigenvalue weighted by Gasteiger charge is 2.22. The molecule has 0 aliphatic carbocycles. The van der Waals surface area contributed by atoms with Crippen LogP contribution < -0.4 is 10.1 Å². The summed E-state index contributed by atoms with van der Waals surface area (Å²) in [6.07, 6.45) is 1.03. The molecule has 1 heterocycles. The Balaban J connectivity index is 1.90. The van der Waals surface area contributed by atoms with E-state index in [4.69, 9.17) is 4.74 Å². The van der Waals surface area contributed by atoms with Crippen LogP contribution in [0.1, 0.15) is 17.5 Å². The molecule has 0 amide bonds. The molecule has 0 aromatic heterocycles. The molecule has 1 aliphatic heterocycles. The Hall–Kier alpha value is -1.50. The van der Waals surface area contributed by atoms with Crippen LogP contribution >= 0.6 is 15.9 Å². The van der Waals surface area contributed by atoms with Crippen LogP contribution in [0.4, 0.5) is 0 Å². The van der Waals surface area contributed by atoms with Crippen LogP contribution in [-0.4, -0.2) is 30.6 Å². The van der Waals surface area contributed by atoms with Crippen molar-refractivity contribution in [2.45, 2.75) is 17.1 Å². The number of hydrogen-bond acceptors (Lipinski definition) is 4. The maximum atomic E-state index is 13.0. The number of nitrogens with zero attached hydrogens (tertiary/aromatic N) is 1. The summed E-state index contributed by atoms with van der Waals surface area (Å²) in [6, 6.07) is 13.5. The van der Waals surface area contributed by atoms with Gasteiger partial charge in [0.15, 0.2) is 4.90 Å². The van der Waals surface area contributed by atoms with Gasteiger partial charge < -0.3 is 14.6 Å². The van der Waals surface area contributed by atoms with E-state index in [-0.39, 0.29) is 0 Å². The Morgan fingerprint density at radius 1 is 1.29 bits per heavy atom. The number of aliphatic imine (C=N–C) groups is 1. The molecular formula is C18H19BrN2O2S. The Bertz CT molecular complexity index is 752. The summed E-state index contributed by atoms with van der Waals surface area (Å²) in [4.78, 5) is 5.34. The first-order valence-electron chi connectivity index (χ1n) is 7.77. The van der Waals surface area contributed by atoms with Crippen molar-refractivity contribution >= 4 is 32.9 Å². The topological polar surface area (TPSA) is 56.7 Å². The zero-order chi connectivity index (χ0) is 16.9. The Kier molecular flexibility index (Phi) is 5.81. The summed E-state index contributed by atoms with van der Waals surface area (Å²) in [5.74, 6) is 1.98. The van der Waals surface area contributed by atoms with Gasteiger partial charge in [0.1, 0.15) is 17.3 Å². The van der Waals surface area contributed by atoms with E-state index in [1.165, 1.54) is 0 Å². The summed E-state index contributed by atoms with van der Waals surface area (Å²) < 4.78 is 19.4. The highest BCUT2D eigenvalue weighted by Crippen LogP contribution is 2.28. The van der Waals surface area contributed by atoms with Crippen molar-refractivity contribution in [3.63, 3.8) is 0 Å². The summed E-state index contributed by atoms with van der Waals surface area (Å²) in [7, 11) is 1.63. The molecule has 0 radical (unpaired) electrons. The molecule has 1 atom stereocenters. The van der Waals surface area contributed by atoms with Gasteiger partial charge in [0.05, 0.1) is 12.7 Å². The lowest BCUT2D eigenvalue weighted by Gasteiger charge is -2.19. The van der Waals surface area contributed by atoms with Crippen LogP contribution in [0.15, 0.2) is 56.8 Å². The second-order valence-electron chi connectivity index (χ2n) is 5.45. The molecule has 2 aromatic rings. The lowest BCUT2D eigenvalue weighted by atomic mass is 10.2. The van der Waals surface area contributed by atoms with Crippen molar-refractivity contribution in [3.05, 3.63) is 58.1 Å². The predicted octanol–water partition coefficient (Wildman–Crippen LogP) is 3.51. The van der Waals surface area contributed by atoms with Gasteiger partial charge in [-0.2, -0.15) is 0 Å². The van der Waals surface area contributed by atoms with E-state index in [1.807, 2.05) is 42.5 Å². The van der Waals surface area contributed by atoms with E-state index in [0.29, 0.717) is 5.75 Å². The lowest BCUT2D eigenvalue weighted by molar-refractivity contribution is 0.411. The van der Waals surface area contributed by atoms with Gasteiger partial charge in [0.25, 0.3) is 0 Å². The van der Waals surface area contributed by atoms with Crippen LogP contribution in [0, 0.1) is 0 Å². The molecule has 3 rings (SSSR count). The van der Waals surface area contributed by atoms with Crippen LogP contribution in [0.2, 0.25) is 0 Å². The van der Waals surface area contributed by atoms with E-state index in [0.717, 1.165) is 51.6 Å². The standard InChI is InChI=1S/C18H19BrN2O2S/c1-23-16-8-7-14(19)11-13(16)12-24(22)17-6-3-2-5-15(17)18-20-9-4-10-21-18/h2-3,5-8,11H,4,9-10,12H2,1H3,(H,20,21). The number of ether oxygens (including phenoxy) is 1. The molecule has 0 bridgehead atoms. The first-order chi connectivity index (χ1) is 11.7. The molecule has 0 spiro atoms. The molecule has 1 N–H and O–H groups in total. The molecule has 4 nitrogen and oxygen atoms in total. The molecule has 0 saturated carbocycles. The minimum absolute atomic E-state index is 0.396. The zero-order valence-electron chi connectivity index (χ0n) is 13.4. The highest BCUT2D eigenvalue weighted by atomic mass is 79.9. The average Bonchev–Trinajstić information content (AvgIpc) is 2.62. The van der Waals surface area contributed by atoms with Crippen LogP contribution in [0.25, 0.3) is 0 Å². The zero-order valence-corrected chi connectivity index (χ0v) is 15.8. The van der Waals surface area contributed by atoms with Crippen LogP contribution in [0.5, 0.6) is 5.75 Å². The van der Waals surface area contributed by atoms with Gasteiger partial charge >= 0.3 is 0 Å². The van der Waals surface area contributed by atoms with Crippen molar-refractivity contribution in [2.75, 3.05) is 20.2 Å². The normalized spacial score (nSPS) is 15.4. The second-order valence-corrected chi connectivity index (χ2v) is 7.79. The molecule has 0 saturated heterocycles. The van der Waals surface area contributed by atoms with Crippen molar-refractivity contribution in [1.82, 2.24) is 5.32 Å². The number of amidine groups is 1. The first-order valence-corrected chi connectivity index (χ1v) is 9.89. The fourth-order valence-corrected chi connectivity index (χ4v) is 4.37. The van der Waals surface area contributed by atoms with Gasteiger partial charge in [-0.25, -0.2) is 0 Å². The average molecular weight is 407 g/mol. The fraction of sp³-hybridized carbons (Fsp3) is 0.278. The molecule has 2 aromatic carbocycles. The number of rotatable bonds is 5. The maximum absolute atomic E-state index is 13.0. The summed E-state index contributed by atoms with van der Waals surface area (Å²) in [5, 5.41) is 3.31. The largest absolute Gasteiger partial charge is 0.611 e. The quantitative estimate of drug-likeness (QED) is 0.772. The van der Waals surface area contributed by atoms with Crippen molar-refractivity contribution < 1.29 is 9.29 Å². The van der Waals surface area contributed by atoms with Gasteiger partial charge in [0, 0.05) is 23.1 Å². The van der Waals surface area contributed by atoms with Crippen LogP contribution in [0.3, 0.4) is 0 Å². The number of halogens is 1. The molecule has 126 valence electrons. The van der Waals surface area contributed by atoms with Gasteiger partial charge in [-0.1, -0.05) is 28.1 Å². The Morgan fingerprint density at radius 2 is 2.12 bits per heavy atom. The molecule has 1 unspecified atom stereocenters. The molecule has 24 heavy (non-hydrogen) atoms. The molecular weight excluding hydrogens is 388 g/mol. The van der Waals surface area contributed by atoms with E-state index >= 15 is 0 Å². The van der Waals surface area contributed by atoms with E-state index < -0.39 is 11.2 Å². The van der Waals surface area contributed by atoms with E-state index in [1.54, 1.807) is 7.11 Å². The van der Waals surface area contributed by atoms with Crippen molar-refractivity contribution in [2.24, 2.45) is 4.99 Å². The predicted molar refractivity (Wildman–Crippen MR) is 101 cm³/mol. The lowest BCUT2D eigenvalue weighted by Crippen LogP contribution is -2.31. The highest BCUT2D eigenvalue weighted by molar-refractivity contribution is 9.10. The Morgan fingerprint density at radius 3 is 2.88 bits per heavy atom. The molecule has 0 fully saturated rings. The third-order valence-corrected chi connectivity index (χ3v) is 5.73. The van der Waals surface area contributed by atoms with Gasteiger partial charge in [-0.05, 0) is 47.9 Å². The smallest absolute Gasteiger partial charge is 0.163 e. The van der Waals surface area contributed by atoms with Crippen molar-refractivity contribution in [1.29, 1.82) is 0 Å². The fourth-order valence-electron chi connectivity index (χ4n) is 2.65. The minimum Gasteiger partial charge on any atom is -0.611 e. The summed E-state index contributed by atoms with van der Waals surface area (Å²) in [5.41, 5.74) is 1.84. The van der Waals surface area contributed by atoms with E-state index in [2.05, 4.69) is 26.2 Å². The van der Waals surface area contributed by atoms with Crippen LogP contribution in [-0.2, 0) is 16.9 Å². The maximum Gasteiger partial charge on any atom is 0.163 e. The third kappa shape index (κ3) is 3.94. The monoisotopic (exact) mass is 406 g/mol. The minimum atomic E-state index is -1.19. The second kappa shape index (κ2) is 8.05. The molecule has 1 aliphatic rings.